The predicted molar refractivity (Wildman–Crippen MR) is 67.3 cm³/mol. The van der Waals surface area contributed by atoms with E-state index in [0.717, 1.165) is 0 Å². The van der Waals surface area contributed by atoms with E-state index in [1.807, 2.05) is 0 Å². The SMILES string of the molecule is CNc1nc(CSC(C)(C)C)nc(C)c1F. The lowest BCUT2D eigenvalue weighted by molar-refractivity contribution is 0.603. The summed E-state index contributed by atoms with van der Waals surface area (Å²) in [7, 11) is 1.66. The van der Waals surface area contributed by atoms with Gasteiger partial charge in [0, 0.05) is 11.8 Å². The highest BCUT2D eigenvalue weighted by Gasteiger charge is 2.14. The van der Waals surface area contributed by atoms with Crippen molar-refractivity contribution in [2.24, 2.45) is 0 Å². The second kappa shape index (κ2) is 4.99. The van der Waals surface area contributed by atoms with Crippen molar-refractivity contribution in [1.82, 2.24) is 9.97 Å². The number of halogens is 1. The molecule has 0 aliphatic carbocycles. The van der Waals surface area contributed by atoms with Crippen LogP contribution in [-0.4, -0.2) is 21.8 Å². The molecule has 3 nitrogen and oxygen atoms in total. The first-order valence-electron chi connectivity index (χ1n) is 5.18. The Hall–Kier alpha value is -0.840. The Bertz CT molecular complexity index is 374. The molecule has 0 aromatic carbocycles. The number of hydrogen-bond acceptors (Lipinski definition) is 4. The number of aromatic nitrogens is 2. The van der Waals surface area contributed by atoms with Gasteiger partial charge in [-0.2, -0.15) is 0 Å². The highest BCUT2D eigenvalue weighted by atomic mass is 32.2. The van der Waals surface area contributed by atoms with Crippen molar-refractivity contribution in [3.05, 3.63) is 17.3 Å². The van der Waals surface area contributed by atoms with Crippen LogP contribution in [0.1, 0.15) is 32.3 Å². The first kappa shape index (κ1) is 13.2. The van der Waals surface area contributed by atoms with Crippen LogP contribution in [0.25, 0.3) is 0 Å². The number of anilines is 1. The smallest absolute Gasteiger partial charge is 0.186 e. The number of hydrogen-bond donors (Lipinski definition) is 1. The third-order valence-electron chi connectivity index (χ3n) is 1.93. The van der Waals surface area contributed by atoms with E-state index in [1.165, 1.54) is 0 Å². The summed E-state index contributed by atoms with van der Waals surface area (Å²) < 4.78 is 13.6. The van der Waals surface area contributed by atoms with Gasteiger partial charge < -0.3 is 5.32 Å². The van der Waals surface area contributed by atoms with Crippen LogP contribution in [0.3, 0.4) is 0 Å². The summed E-state index contributed by atoms with van der Waals surface area (Å²) in [5.74, 6) is 1.27. The van der Waals surface area contributed by atoms with Gasteiger partial charge in [-0.1, -0.05) is 20.8 Å². The summed E-state index contributed by atoms with van der Waals surface area (Å²) in [5, 5.41) is 2.74. The Balaban J connectivity index is 2.86. The van der Waals surface area contributed by atoms with E-state index in [-0.39, 0.29) is 16.4 Å². The lowest BCUT2D eigenvalue weighted by Gasteiger charge is -2.17. The van der Waals surface area contributed by atoms with Crippen LogP contribution in [0.15, 0.2) is 0 Å². The van der Waals surface area contributed by atoms with Crippen LogP contribution in [0.4, 0.5) is 10.2 Å². The minimum atomic E-state index is -0.369. The van der Waals surface area contributed by atoms with E-state index in [4.69, 9.17) is 0 Å². The third kappa shape index (κ3) is 3.63. The number of nitrogens with zero attached hydrogens (tertiary/aromatic N) is 2. The summed E-state index contributed by atoms with van der Waals surface area (Å²) in [6.07, 6.45) is 0. The molecule has 1 rings (SSSR count). The molecule has 0 atom stereocenters. The van der Waals surface area contributed by atoms with Gasteiger partial charge in [0.05, 0.1) is 11.4 Å². The van der Waals surface area contributed by atoms with Gasteiger partial charge in [-0.15, -0.1) is 11.8 Å². The molecular weight excluding hydrogens is 225 g/mol. The average molecular weight is 243 g/mol. The van der Waals surface area contributed by atoms with Gasteiger partial charge in [-0.25, -0.2) is 14.4 Å². The zero-order valence-electron chi connectivity index (χ0n) is 10.4. The largest absolute Gasteiger partial charge is 0.371 e. The topological polar surface area (TPSA) is 37.8 Å². The van der Waals surface area contributed by atoms with Crippen LogP contribution in [0, 0.1) is 12.7 Å². The fourth-order valence-electron chi connectivity index (χ4n) is 1.13. The molecule has 0 spiro atoms. The zero-order valence-corrected chi connectivity index (χ0v) is 11.2. The van der Waals surface area contributed by atoms with Crippen molar-refractivity contribution >= 4 is 17.6 Å². The maximum atomic E-state index is 13.5. The maximum Gasteiger partial charge on any atom is 0.186 e. The number of thioether (sulfide) groups is 1. The molecule has 0 bridgehead atoms. The van der Waals surface area contributed by atoms with Gasteiger partial charge in [0.25, 0.3) is 0 Å². The van der Waals surface area contributed by atoms with E-state index < -0.39 is 0 Å². The van der Waals surface area contributed by atoms with Crippen molar-refractivity contribution in [2.75, 3.05) is 12.4 Å². The minimum absolute atomic E-state index is 0.158. The van der Waals surface area contributed by atoms with Gasteiger partial charge in [-0.05, 0) is 6.92 Å². The summed E-state index contributed by atoms with van der Waals surface area (Å²) in [5.41, 5.74) is 0.392. The predicted octanol–water partition coefficient (Wildman–Crippen LogP) is 3.00. The minimum Gasteiger partial charge on any atom is -0.371 e. The zero-order chi connectivity index (χ0) is 12.3. The standard InChI is InChI=1S/C11H18FN3S/c1-7-9(12)10(13-5)15-8(14-7)6-16-11(2,3)4/h6H2,1-5H3,(H,13,14,15). The van der Waals surface area contributed by atoms with Crippen LogP contribution < -0.4 is 5.32 Å². The molecule has 1 heterocycles. The van der Waals surface area contributed by atoms with E-state index in [1.54, 1.807) is 25.7 Å². The first-order valence-corrected chi connectivity index (χ1v) is 6.17. The molecule has 16 heavy (non-hydrogen) atoms. The Labute approximate surface area is 100 Å². The van der Waals surface area contributed by atoms with Crippen molar-refractivity contribution in [3.63, 3.8) is 0 Å². The second-order valence-electron chi connectivity index (χ2n) is 4.54. The third-order valence-corrected chi connectivity index (χ3v) is 3.20. The van der Waals surface area contributed by atoms with Crippen molar-refractivity contribution in [1.29, 1.82) is 0 Å². The van der Waals surface area contributed by atoms with Crippen LogP contribution in [0.5, 0.6) is 0 Å². The summed E-state index contributed by atoms with van der Waals surface area (Å²) in [6.45, 7) is 8.05. The Morgan fingerprint density at radius 1 is 1.31 bits per heavy atom. The van der Waals surface area contributed by atoms with Crippen LogP contribution >= 0.6 is 11.8 Å². The number of rotatable bonds is 3. The average Bonchev–Trinajstić information content (AvgIpc) is 2.18. The summed E-state index contributed by atoms with van der Waals surface area (Å²) in [4.78, 5) is 8.27. The van der Waals surface area contributed by atoms with E-state index in [9.17, 15) is 4.39 Å². The normalized spacial score (nSPS) is 11.6. The molecule has 0 amide bonds. The van der Waals surface area contributed by atoms with Crippen molar-refractivity contribution in [3.8, 4) is 0 Å². The Kier molecular flexibility index (Phi) is 4.13. The van der Waals surface area contributed by atoms with Crippen molar-refractivity contribution < 1.29 is 4.39 Å². The Morgan fingerprint density at radius 2 is 1.94 bits per heavy atom. The lowest BCUT2D eigenvalue weighted by atomic mass is 10.3. The van der Waals surface area contributed by atoms with Gasteiger partial charge in [0.15, 0.2) is 11.6 Å². The summed E-state index contributed by atoms with van der Waals surface area (Å²) >= 11 is 1.75. The highest BCUT2D eigenvalue weighted by molar-refractivity contribution is 7.99. The summed E-state index contributed by atoms with van der Waals surface area (Å²) in [6, 6.07) is 0. The molecule has 1 N–H and O–H groups in total. The van der Waals surface area contributed by atoms with Gasteiger partial charge in [-0.3, -0.25) is 0 Å². The molecule has 0 aliphatic rings. The monoisotopic (exact) mass is 243 g/mol. The highest BCUT2D eigenvalue weighted by Crippen LogP contribution is 2.26. The lowest BCUT2D eigenvalue weighted by Crippen LogP contribution is -2.10. The molecule has 1 aromatic heterocycles. The van der Waals surface area contributed by atoms with Gasteiger partial charge >= 0.3 is 0 Å². The molecule has 0 aliphatic heterocycles. The van der Waals surface area contributed by atoms with Crippen LogP contribution in [0.2, 0.25) is 0 Å². The van der Waals surface area contributed by atoms with Gasteiger partial charge in [0.2, 0.25) is 0 Å². The molecule has 0 unspecified atom stereocenters. The number of nitrogens with one attached hydrogen (secondary N) is 1. The molecule has 90 valence electrons. The molecule has 0 saturated carbocycles. The van der Waals surface area contributed by atoms with Crippen molar-refractivity contribution in [2.45, 2.75) is 38.2 Å². The maximum absolute atomic E-state index is 13.5. The molecular formula is C11H18FN3S. The fraction of sp³-hybridized carbons (Fsp3) is 0.636. The molecule has 1 aromatic rings. The molecule has 0 fully saturated rings. The second-order valence-corrected chi connectivity index (χ2v) is 6.34. The molecule has 0 radical (unpaired) electrons. The first-order chi connectivity index (χ1) is 7.33. The molecule has 0 saturated heterocycles. The van der Waals surface area contributed by atoms with Gasteiger partial charge in [0.1, 0.15) is 5.82 Å². The molecule has 5 heteroatoms. The number of aryl methyl sites for hydroxylation is 1. The van der Waals surface area contributed by atoms with E-state index in [2.05, 4.69) is 36.1 Å². The van der Waals surface area contributed by atoms with Crippen LogP contribution in [-0.2, 0) is 5.75 Å². The van der Waals surface area contributed by atoms with E-state index in [0.29, 0.717) is 17.3 Å². The fourth-order valence-corrected chi connectivity index (χ4v) is 1.82. The quantitative estimate of drug-likeness (QED) is 0.885. The Morgan fingerprint density at radius 3 is 2.44 bits per heavy atom. The van der Waals surface area contributed by atoms with E-state index >= 15 is 0 Å².